The second-order valence-corrected chi connectivity index (χ2v) is 9.23. The number of piperazine rings is 1. The predicted molar refractivity (Wildman–Crippen MR) is 124 cm³/mol. The summed E-state index contributed by atoms with van der Waals surface area (Å²) in [5, 5.41) is 0. The van der Waals surface area contributed by atoms with E-state index >= 15 is 0 Å². The molecule has 1 heterocycles. The summed E-state index contributed by atoms with van der Waals surface area (Å²) in [5.74, 6) is -0.0531. The maximum absolute atomic E-state index is 14.0. The molecule has 1 fully saturated rings. The first-order valence-corrected chi connectivity index (χ1v) is 12.0. The van der Waals surface area contributed by atoms with Crippen LogP contribution < -0.4 is 14.4 Å². The van der Waals surface area contributed by atoms with Crippen molar-refractivity contribution < 1.29 is 22.3 Å². The zero-order valence-corrected chi connectivity index (χ0v) is 18.7. The number of ether oxygens (including phenoxy) is 1. The number of para-hydroxylation sites is 2. The molecular weight excluding hydrogens is 445 g/mol. The fourth-order valence-corrected chi connectivity index (χ4v) is 4.64. The van der Waals surface area contributed by atoms with Gasteiger partial charge in [0.1, 0.15) is 11.6 Å². The zero-order valence-electron chi connectivity index (χ0n) is 17.9. The Hall–Kier alpha value is -3.59. The van der Waals surface area contributed by atoms with Crippen molar-refractivity contribution in [2.45, 2.75) is 4.90 Å². The van der Waals surface area contributed by atoms with Crippen LogP contribution in [-0.2, 0) is 14.8 Å². The van der Waals surface area contributed by atoms with E-state index in [-0.39, 0.29) is 23.2 Å². The van der Waals surface area contributed by atoms with E-state index in [2.05, 4.69) is 4.72 Å². The van der Waals surface area contributed by atoms with Crippen molar-refractivity contribution >= 4 is 27.3 Å². The van der Waals surface area contributed by atoms with Crippen LogP contribution in [0.2, 0.25) is 0 Å². The first-order valence-electron chi connectivity index (χ1n) is 10.5. The largest absolute Gasteiger partial charge is 0.484 e. The van der Waals surface area contributed by atoms with E-state index in [9.17, 15) is 17.6 Å². The highest BCUT2D eigenvalue weighted by molar-refractivity contribution is 7.92. The van der Waals surface area contributed by atoms with Gasteiger partial charge in [-0.15, -0.1) is 0 Å². The Morgan fingerprint density at radius 3 is 2.18 bits per heavy atom. The minimum absolute atomic E-state index is 0.0919. The van der Waals surface area contributed by atoms with E-state index in [0.717, 1.165) is 0 Å². The van der Waals surface area contributed by atoms with E-state index in [0.29, 0.717) is 43.3 Å². The fourth-order valence-electron chi connectivity index (χ4n) is 3.58. The van der Waals surface area contributed by atoms with E-state index in [4.69, 9.17) is 4.74 Å². The molecule has 0 aliphatic carbocycles. The number of benzene rings is 3. The minimum Gasteiger partial charge on any atom is -0.484 e. The van der Waals surface area contributed by atoms with Gasteiger partial charge in [0.2, 0.25) is 0 Å². The highest BCUT2D eigenvalue weighted by Gasteiger charge is 2.23. The highest BCUT2D eigenvalue weighted by atomic mass is 32.2. The molecule has 1 saturated heterocycles. The summed E-state index contributed by atoms with van der Waals surface area (Å²) in [6.07, 6.45) is 0. The van der Waals surface area contributed by atoms with Gasteiger partial charge in [-0.1, -0.05) is 30.3 Å². The topological polar surface area (TPSA) is 78.9 Å². The highest BCUT2D eigenvalue weighted by Crippen LogP contribution is 2.21. The van der Waals surface area contributed by atoms with Crippen LogP contribution in [0.1, 0.15) is 0 Å². The molecule has 7 nitrogen and oxygen atoms in total. The molecule has 1 N–H and O–H groups in total. The van der Waals surface area contributed by atoms with Crippen LogP contribution in [0, 0.1) is 5.82 Å². The number of hydrogen-bond donors (Lipinski definition) is 1. The van der Waals surface area contributed by atoms with Gasteiger partial charge in [0.15, 0.2) is 6.61 Å². The molecule has 33 heavy (non-hydrogen) atoms. The molecular formula is C24H24FN3O4S. The lowest BCUT2D eigenvalue weighted by atomic mass is 10.2. The molecule has 1 amide bonds. The molecule has 172 valence electrons. The normalized spacial score (nSPS) is 14.1. The molecule has 0 spiro atoms. The second kappa shape index (κ2) is 9.91. The smallest absolute Gasteiger partial charge is 0.261 e. The third-order valence-corrected chi connectivity index (χ3v) is 6.75. The van der Waals surface area contributed by atoms with Crippen LogP contribution in [-0.4, -0.2) is 52.0 Å². The summed E-state index contributed by atoms with van der Waals surface area (Å²) in [7, 11) is -3.72. The molecule has 4 rings (SSSR count). The SMILES string of the molecule is O=C(COc1ccc(S(=O)(=O)Nc2ccccc2)cc1)N1CCN(c2ccccc2F)CC1. The Morgan fingerprint density at radius 1 is 0.879 bits per heavy atom. The number of rotatable bonds is 7. The number of nitrogens with zero attached hydrogens (tertiary/aromatic N) is 2. The predicted octanol–water partition coefficient (Wildman–Crippen LogP) is 3.35. The van der Waals surface area contributed by atoms with Gasteiger partial charge in [-0.2, -0.15) is 0 Å². The van der Waals surface area contributed by atoms with Crippen molar-refractivity contribution in [3.8, 4) is 5.75 Å². The van der Waals surface area contributed by atoms with Crippen LogP contribution >= 0.6 is 0 Å². The molecule has 3 aromatic carbocycles. The number of anilines is 2. The Labute approximate surface area is 192 Å². The quantitative estimate of drug-likeness (QED) is 0.574. The van der Waals surface area contributed by atoms with Gasteiger partial charge in [-0.05, 0) is 48.5 Å². The summed E-state index contributed by atoms with van der Waals surface area (Å²) >= 11 is 0. The third-order valence-electron chi connectivity index (χ3n) is 5.35. The number of nitrogens with one attached hydrogen (secondary N) is 1. The van der Waals surface area contributed by atoms with Crippen LogP contribution in [0.5, 0.6) is 5.75 Å². The third kappa shape index (κ3) is 5.61. The second-order valence-electron chi connectivity index (χ2n) is 7.55. The lowest BCUT2D eigenvalue weighted by Crippen LogP contribution is -2.50. The fraction of sp³-hybridized carbons (Fsp3) is 0.208. The Kier molecular flexibility index (Phi) is 6.79. The Morgan fingerprint density at radius 2 is 1.52 bits per heavy atom. The van der Waals surface area contributed by atoms with Gasteiger partial charge in [0.05, 0.1) is 10.6 Å². The molecule has 9 heteroatoms. The number of amides is 1. The standard InChI is InChI=1S/C24H24FN3O4S/c25-22-8-4-5-9-23(22)27-14-16-28(17-15-27)24(29)18-32-20-10-12-21(13-11-20)33(30,31)26-19-6-2-1-3-7-19/h1-13,26H,14-18H2. The van der Waals surface area contributed by atoms with Crippen molar-refractivity contribution in [2.75, 3.05) is 42.4 Å². The first-order chi connectivity index (χ1) is 15.9. The van der Waals surface area contributed by atoms with Crippen molar-refractivity contribution in [3.05, 3.63) is 84.7 Å². The molecule has 0 saturated carbocycles. The van der Waals surface area contributed by atoms with Crippen molar-refractivity contribution in [3.63, 3.8) is 0 Å². The first kappa shape index (κ1) is 22.6. The molecule has 0 atom stereocenters. The lowest BCUT2D eigenvalue weighted by molar-refractivity contribution is -0.133. The average molecular weight is 470 g/mol. The summed E-state index contributed by atoms with van der Waals surface area (Å²) in [5.41, 5.74) is 1.01. The molecule has 0 unspecified atom stereocenters. The van der Waals surface area contributed by atoms with Crippen LogP contribution in [0.4, 0.5) is 15.8 Å². The summed E-state index contributed by atoms with van der Waals surface area (Å²) in [4.78, 5) is 16.2. The molecule has 1 aliphatic rings. The summed E-state index contributed by atoms with van der Waals surface area (Å²) in [6, 6.07) is 21.1. The van der Waals surface area contributed by atoms with Crippen molar-refractivity contribution in [1.82, 2.24) is 4.90 Å². The lowest BCUT2D eigenvalue weighted by Gasteiger charge is -2.36. The van der Waals surface area contributed by atoms with Gasteiger partial charge in [-0.25, -0.2) is 12.8 Å². The number of carbonyl (C=O) groups is 1. The van der Waals surface area contributed by atoms with E-state index in [1.807, 2.05) is 4.90 Å². The van der Waals surface area contributed by atoms with Crippen molar-refractivity contribution in [1.29, 1.82) is 0 Å². The van der Waals surface area contributed by atoms with Crippen LogP contribution in [0.15, 0.2) is 83.8 Å². The number of carbonyl (C=O) groups excluding carboxylic acids is 1. The van der Waals surface area contributed by atoms with E-state index in [1.54, 1.807) is 53.4 Å². The monoisotopic (exact) mass is 469 g/mol. The summed E-state index contributed by atoms with van der Waals surface area (Å²) < 4.78 is 47.0. The molecule has 1 aliphatic heterocycles. The zero-order chi connectivity index (χ0) is 23.3. The summed E-state index contributed by atoms with van der Waals surface area (Å²) in [6.45, 7) is 1.85. The maximum atomic E-state index is 14.0. The number of hydrogen-bond acceptors (Lipinski definition) is 5. The number of halogens is 1. The average Bonchev–Trinajstić information content (AvgIpc) is 2.84. The van der Waals surface area contributed by atoms with Gasteiger partial charge >= 0.3 is 0 Å². The molecule has 0 aromatic heterocycles. The maximum Gasteiger partial charge on any atom is 0.261 e. The van der Waals surface area contributed by atoms with Gasteiger partial charge in [0, 0.05) is 31.9 Å². The Bertz CT molecular complexity index is 1200. The van der Waals surface area contributed by atoms with Crippen molar-refractivity contribution in [2.24, 2.45) is 0 Å². The van der Waals surface area contributed by atoms with E-state index in [1.165, 1.54) is 30.3 Å². The molecule has 3 aromatic rings. The molecule has 0 bridgehead atoms. The van der Waals surface area contributed by atoms with Gasteiger partial charge in [-0.3, -0.25) is 9.52 Å². The molecule has 0 radical (unpaired) electrons. The Balaban J connectivity index is 1.28. The van der Waals surface area contributed by atoms with Crippen LogP contribution in [0.3, 0.4) is 0 Å². The number of sulfonamides is 1. The van der Waals surface area contributed by atoms with Gasteiger partial charge in [0.25, 0.3) is 15.9 Å². The van der Waals surface area contributed by atoms with Crippen LogP contribution in [0.25, 0.3) is 0 Å². The van der Waals surface area contributed by atoms with Gasteiger partial charge < -0.3 is 14.5 Å². The minimum atomic E-state index is -3.72. The van der Waals surface area contributed by atoms with E-state index < -0.39 is 10.0 Å².